The van der Waals surface area contributed by atoms with E-state index in [4.69, 9.17) is 4.98 Å². The van der Waals surface area contributed by atoms with Crippen LogP contribution < -0.4 is 9.80 Å². The van der Waals surface area contributed by atoms with Gasteiger partial charge in [0.05, 0.1) is 11.9 Å². The molecule has 3 heterocycles. The van der Waals surface area contributed by atoms with Gasteiger partial charge in [-0.3, -0.25) is 0 Å². The number of pyridine rings is 1. The quantitative estimate of drug-likeness (QED) is 0.830. The molecule has 2 aliphatic heterocycles. The van der Waals surface area contributed by atoms with Crippen LogP contribution in [0, 0.1) is 11.8 Å². The summed E-state index contributed by atoms with van der Waals surface area (Å²) in [5, 5.41) is 0. The minimum atomic E-state index is 0.934. The first-order chi connectivity index (χ1) is 10.3. The molecule has 0 radical (unpaired) electrons. The fraction of sp³-hybridized carbons (Fsp3) is 0.706. The first-order valence-electron chi connectivity index (χ1n) is 8.44. The van der Waals surface area contributed by atoms with Gasteiger partial charge in [0, 0.05) is 39.3 Å². The third-order valence-corrected chi connectivity index (χ3v) is 5.65. The average molecular weight is 286 g/mol. The van der Waals surface area contributed by atoms with Crippen molar-refractivity contribution in [3.63, 3.8) is 0 Å². The number of hydrogen-bond acceptors (Lipinski definition) is 4. The average Bonchev–Trinajstić information content (AvgIpc) is 3.10. The molecule has 114 valence electrons. The first kappa shape index (κ1) is 13.4. The monoisotopic (exact) mass is 286 g/mol. The molecule has 1 aliphatic carbocycles. The third-order valence-electron chi connectivity index (χ3n) is 5.65. The van der Waals surface area contributed by atoms with E-state index in [1.54, 1.807) is 0 Å². The third kappa shape index (κ3) is 2.61. The van der Waals surface area contributed by atoms with Gasteiger partial charge in [-0.1, -0.05) is 6.42 Å². The van der Waals surface area contributed by atoms with Crippen molar-refractivity contribution in [1.29, 1.82) is 0 Å². The predicted octanol–water partition coefficient (Wildman–Crippen LogP) is 2.07. The molecule has 1 saturated carbocycles. The summed E-state index contributed by atoms with van der Waals surface area (Å²) in [4.78, 5) is 12.1. The highest BCUT2D eigenvalue weighted by molar-refractivity contribution is 5.51. The second-order valence-electron chi connectivity index (χ2n) is 7.02. The smallest absolute Gasteiger partial charge is 0.128 e. The van der Waals surface area contributed by atoms with Crippen molar-refractivity contribution in [3.05, 3.63) is 18.3 Å². The van der Waals surface area contributed by atoms with Gasteiger partial charge in [-0.05, 0) is 43.9 Å². The molecule has 4 nitrogen and oxygen atoms in total. The van der Waals surface area contributed by atoms with Crippen LogP contribution in [-0.2, 0) is 0 Å². The van der Waals surface area contributed by atoms with E-state index in [2.05, 4.69) is 40.1 Å². The van der Waals surface area contributed by atoms with Gasteiger partial charge in [0.1, 0.15) is 5.82 Å². The summed E-state index contributed by atoms with van der Waals surface area (Å²) in [5.74, 6) is 3.05. The maximum atomic E-state index is 4.75. The number of aromatic nitrogens is 1. The van der Waals surface area contributed by atoms with Gasteiger partial charge in [-0.25, -0.2) is 4.98 Å². The molecule has 3 aliphatic rings. The highest BCUT2D eigenvalue weighted by Gasteiger charge is 2.36. The van der Waals surface area contributed by atoms with Crippen LogP contribution in [0.5, 0.6) is 0 Å². The second kappa shape index (κ2) is 5.48. The van der Waals surface area contributed by atoms with Crippen molar-refractivity contribution in [3.8, 4) is 0 Å². The fourth-order valence-electron chi connectivity index (χ4n) is 4.24. The zero-order valence-corrected chi connectivity index (χ0v) is 13.0. The Hall–Kier alpha value is -1.29. The largest absolute Gasteiger partial charge is 0.368 e. The van der Waals surface area contributed by atoms with Crippen LogP contribution in [0.2, 0.25) is 0 Å². The molecule has 0 amide bonds. The van der Waals surface area contributed by atoms with Crippen LogP contribution in [0.3, 0.4) is 0 Å². The summed E-state index contributed by atoms with van der Waals surface area (Å²) in [6.07, 6.45) is 6.38. The molecule has 0 bridgehead atoms. The Labute approximate surface area is 127 Å². The molecule has 4 rings (SSSR count). The summed E-state index contributed by atoms with van der Waals surface area (Å²) >= 11 is 0. The molecule has 1 aromatic rings. The molecular formula is C17H26N4. The molecule has 2 atom stereocenters. The number of likely N-dealkylation sites (N-methyl/N-ethyl adjacent to an activating group) is 1. The van der Waals surface area contributed by atoms with Gasteiger partial charge in [-0.2, -0.15) is 0 Å². The molecule has 3 fully saturated rings. The molecule has 0 spiro atoms. The lowest BCUT2D eigenvalue weighted by Crippen LogP contribution is -2.44. The maximum Gasteiger partial charge on any atom is 0.128 e. The van der Waals surface area contributed by atoms with Crippen LogP contribution in [0.25, 0.3) is 0 Å². The van der Waals surface area contributed by atoms with Crippen LogP contribution >= 0.6 is 0 Å². The van der Waals surface area contributed by atoms with Crippen LogP contribution in [0.15, 0.2) is 18.3 Å². The minimum Gasteiger partial charge on any atom is -0.368 e. The summed E-state index contributed by atoms with van der Waals surface area (Å²) < 4.78 is 0. The standard InChI is InChI=1S/C17H26N4/c1-19-7-9-20(10-8-19)16-5-6-17(18-11-16)21-12-14-3-2-4-15(14)13-21/h5-6,11,14-15H,2-4,7-10,12-13H2,1H3. The van der Waals surface area contributed by atoms with E-state index in [0.29, 0.717) is 0 Å². The predicted molar refractivity (Wildman–Crippen MR) is 87.0 cm³/mol. The highest BCUT2D eigenvalue weighted by atomic mass is 15.3. The number of hydrogen-bond donors (Lipinski definition) is 0. The van der Waals surface area contributed by atoms with Crippen molar-refractivity contribution in [1.82, 2.24) is 9.88 Å². The normalized spacial score (nSPS) is 30.0. The Bertz CT molecular complexity index is 466. The number of anilines is 2. The van der Waals surface area contributed by atoms with Gasteiger partial charge in [0.2, 0.25) is 0 Å². The van der Waals surface area contributed by atoms with Gasteiger partial charge in [-0.15, -0.1) is 0 Å². The zero-order chi connectivity index (χ0) is 14.2. The van der Waals surface area contributed by atoms with Crippen molar-refractivity contribution in [2.45, 2.75) is 19.3 Å². The van der Waals surface area contributed by atoms with Gasteiger partial charge >= 0.3 is 0 Å². The van der Waals surface area contributed by atoms with Crippen LogP contribution in [-0.4, -0.2) is 56.2 Å². The lowest BCUT2D eigenvalue weighted by atomic mass is 10.0. The van der Waals surface area contributed by atoms with Gasteiger partial charge < -0.3 is 14.7 Å². The van der Waals surface area contributed by atoms with E-state index < -0.39 is 0 Å². The van der Waals surface area contributed by atoms with E-state index in [-0.39, 0.29) is 0 Å². The van der Waals surface area contributed by atoms with E-state index in [9.17, 15) is 0 Å². The van der Waals surface area contributed by atoms with Crippen molar-refractivity contribution in [2.24, 2.45) is 11.8 Å². The number of fused-ring (bicyclic) bond motifs is 1. The number of nitrogens with zero attached hydrogens (tertiary/aromatic N) is 4. The first-order valence-corrected chi connectivity index (χ1v) is 8.44. The molecular weight excluding hydrogens is 260 g/mol. The van der Waals surface area contributed by atoms with Crippen LogP contribution in [0.1, 0.15) is 19.3 Å². The SMILES string of the molecule is CN1CCN(c2ccc(N3CC4CCCC4C3)nc2)CC1. The maximum absolute atomic E-state index is 4.75. The molecule has 1 aromatic heterocycles. The Morgan fingerprint density at radius 2 is 1.67 bits per heavy atom. The van der Waals surface area contributed by atoms with Crippen molar-refractivity contribution < 1.29 is 0 Å². The highest BCUT2D eigenvalue weighted by Crippen LogP contribution is 2.39. The van der Waals surface area contributed by atoms with Crippen LogP contribution in [0.4, 0.5) is 11.5 Å². The van der Waals surface area contributed by atoms with Gasteiger partial charge in [0.15, 0.2) is 0 Å². The summed E-state index contributed by atoms with van der Waals surface area (Å²) in [6, 6.07) is 4.50. The second-order valence-corrected chi connectivity index (χ2v) is 7.02. The summed E-state index contributed by atoms with van der Waals surface area (Å²) in [7, 11) is 2.20. The molecule has 0 N–H and O–H groups in total. The van der Waals surface area contributed by atoms with E-state index in [1.165, 1.54) is 43.9 Å². The molecule has 2 unspecified atom stereocenters. The van der Waals surface area contributed by atoms with E-state index in [1.807, 2.05) is 0 Å². The number of piperazine rings is 1. The molecule has 21 heavy (non-hydrogen) atoms. The molecule has 4 heteroatoms. The van der Waals surface area contributed by atoms with E-state index in [0.717, 1.165) is 38.0 Å². The van der Waals surface area contributed by atoms with Gasteiger partial charge in [0.25, 0.3) is 0 Å². The number of rotatable bonds is 2. The molecule has 0 aromatic carbocycles. The Morgan fingerprint density at radius 1 is 0.952 bits per heavy atom. The Balaban J connectivity index is 1.42. The minimum absolute atomic E-state index is 0.934. The lowest BCUT2D eigenvalue weighted by molar-refractivity contribution is 0.313. The Kier molecular flexibility index (Phi) is 3.49. The topological polar surface area (TPSA) is 22.6 Å². The molecule has 2 saturated heterocycles. The summed E-state index contributed by atoms with van der Waals surface area (Å²) in [6.45, 7) is 6.99. The fourth-order valence-corrected chi connectivity index (χ4v) is 4.24. The lowest BCUT2D eigenvalue weighted by Gasteiger charge is -2.34. The van der Waals surface area contributed by atoms with Crippen molar-refractivity contribution >= 4 is 11.5 Å². The summed E-state index contributed by atoms with van der Waals surface area (Å²) in [5.41, 5.74) is 1.28. The van der Waals surface area contributed by atoms with Crippen molar-refractivity contribution in [2.75, 3.05) is 56.1 Å². The zero-order valence-electron chi connectivity index (χ0n) is 13.0. The van der Waals surface area contributed by atoms with E-state index >= 15 is 0 Å². The Morgan fingerprint density at radius 3 is 2.29 bits per heavy atom.